The van der Waals surface area contributed by atoms with Crippen LogP contribution in [0.2, 0.25) is 0 Å². The molecule has 1 aromatic carbocycles. The van der Waals surface area contributed by atoms with E-state index >= 15 is 0 Å². The highest BCUT2D eigenvalue weighted by molar-refractivity contribution is 5.74. The van der Waals surface area contributed by atoms with Crippen molar-refractivity contribution in [3.8, 4) is 0 Å². The first-order valence-electron chi connectivity index (χ1n) is 4.44. The van der Waals surface area contributed by atoms with Crippen LogP contribution >= 0.6 is 0 Å². The van der Waals surface area contributed by atoms with Gasteiger partial charge in [0, 0.05) is 12.1 Å². The highest BCUT2D eigenvalue weighted by Crippen LogP contribution is 2.28. The van der Waals surface area contributed by atoms with Gasteiger partial charge in [-0.05, 0) is 30.7 Å². The van der Waals surface area contributed by atoms with E-state index in [1.54, 1.807) is 6.07 Å². The third-order valence-corrected chi connectivity index (χ3v) is 2.36. The molecule has 1 aliphatic rings. The fourth-order valence-electron chi connectivity index (χ4n) is 1.78. The second-order valence-electron chi connectivity index (χ2n) is 3.24. The molecule has 0 radical (unpaired) electrons. The van der Waals surface area contributed by atoms with Gasteiger partial charge in [-0.2, -0.15) is 0 Å². The molecule has 0 aromatic heterocycles. The molecule has 2 heteroatoms. The van der Waals surface area contributed by atoms with Crippen LogP contribution in [-0.4, -0.2) is 13.6 Å². The summed E-state index contributed by atoms with van der Waals surface area (Å²) in [6.45, 7) is 0.744. The monoisotopic (exact) mass is 177 g/mol. The maximum absolute atomic E-state index is 13.4. The summed E-state index contributed by atoms with van der Waals surface area (Å²) in [6.07, 6.45) is 2.95. The van der Waals surface area contributed by atoms with Gasteiger partial charge < -0.3 is 5.32 Å². The van der Waals surface area contributed by atoms with Crippen molar-refractivity contribution >= 4 is 5.57 Å². The summed E-state index contributed by atoms with van der Waals surface area (Å²) in [5.74, 6) is -0.100. The Kier molecular flexibility index (Phi) is 2.15. The van der Waals surface area contributed by atoms with Gasteiger partial charge in [-0.3, -0.25) is 0 Å². The fourth-order valence-corrected chi connectivity index (χ4v) is 1.78. The van der Waals surface area contributed by atoms with Crippen LogP contribution in [0.1, 0.15) is 11.1 Å². The van der Waals surface area contributed by atoms with Crippen LogP contribution in [0, 0.1) is 5.82 Å². The van der Waals surface area contributed by atoms with Crippen LogP contribution in [0.15, 0.2) is 24.3 Å². The van der Waals surface area contributed by atoms with Gasteiger partial charge in [0.05, 0.1) is 0 Å². The van der Waals surface area contributed by atoms with E-state index in [1.807, 2.05) is 13.1 Å². The maximum Gasteiger partial charge on any atom is 0.131 e. The van der Waals surface area contributed by atoms with E-state index in [-0.39, 0.29) is 5.82 Å². The number of hydrogen-bond acceptors (Lipinski definition) is 1. The average Bonchev–Trinajstić information content (AvgIpc) is 2.51. The Morgan fingerprint density at radius 1 is 1.46 bits per heavy atom. The van der Waals surface area contributed by atoms with E-state index < -0.39 is 0 Å². The molecule has 0 saturated carbocycles. The molecule has 0 atom stereocenters. The Balaban J connectivity index is 2.42. The van der Waals surface area contributed by atoms with E-state index in [0.29, 0.717) is 0 Å². The Labute approximate surface area is 77.3 Å². The molecule has 1 aromatic rings. The third-order valence-electron chi connectivity index (χ3n) is 2.36. The SMILES string of the molecule is CNCC1=CCc2cccc(F)c21. The molecule has 13 heavy (non-hydrogen) atoms. The number of likely N-dealkylation sites (N-methyl/N-ethyl adjacent to an activating group) is 1. The standard InChI is InChI=1S/C11H12FN/c1-13-7-9-6-5-8-3-2-4-10(12)11(8)9/h2-4,6,13H,5,7H2,1H3. The molecule has 68 valence electrons. The number of nitrogens with one attached hydrogen (secondary N) is 1. The van der Waals surface area contributed by atoms with Crippen LogP contribution in [0.3, 0.4) is 0 Å². The molecule has 0 heterocycles. The molecule has 0 aliphatic heterocycles. The third kappa shape index (κ3) is 1.38. The topological polar surface area (TPSA) is 12.0 Å². The Morgan fingerprint density at radius 2 is 2.31 bits per heavy atom. The van der Waals surface area contributed by atoms with Gasteiger partial charge in [0.25, 0.3) is 0 Å². The van der Waals surface area contributed by atoms with Crippen LogP contribution in [0.5, 0.6) is 0 Å². The first kappa shape index (κ1) is 8.45. The summed E-state index contributed by atoms with van der Waals surface area (Å²) in [5.41, 5.74) is 2.98. The summed E-state index contributed by atoms with van der Waals surface area (Å²) >= 11 is 0. The highest BCUT2D eigenvalue weighted by Gasteiger charge is 2.16. The Bertz CT molecular complexity index is 355. The van der Waals surface area contributed by atoms with Crippen LogP contribution in [0.4, 0.5) is 4.39 Å². The minimum absolute atomic E-state index is 0.100. The molecule has 2 rings (SSSR count). The summed E-state index contributed by atoms with van der Waals surface area (Å²) in [7, 11) is 1.87. The van der Waals surface area contributed by atoms with E-state index in [9.17, 15) is 4.39 Å². The van der Waals surface area contributed by atoms with Crippen molar-refractivity contribution in [3.63, 3.8) is 0 Å². The number of rotatable bonds is 2. The van der Waals surface area contributed by atoms with Crippen molar-refractivity contribution in [3.05, 3.63) is 41.2 Å². The number of fused-ring (bicyclic) bond motifs is 1. The quantitative estimate of drug-likeness (QED) is 0.728. The zero-order chi connectivity index (χ0) is 9.26. The molecular weight excluding hydrogens is 165 g/mol. The predicted molar refractivity (Wildman–Crippen MR) is 52.0 cm³/mol. The van der Waals surface area contributed by atoms with Crippen molar-refractivity contribution in [2.45, 2.75) is 6.42 Å². The van der Waals surface area contributed by atoms with Gasteiger partial charge >= 0.3 is 0 Å². The highest BCUT2D eigenvalue weighted by atomic mass is 19.1. The van der Waals surface area contributed by atoms with E-state index in [4.69, 9.17) is 0 Å². The predicted octanol–water partition coefficient (Wildman–Crippen LogP) is 1.98. The van der Waals surface area contributed by atoms with Gasteiger partial charge in [0.15, 0.2) is 0 Å². The molecule has 0 spiro atoms. The smallest absolute Gasteiger partial charge is 0.131 e. The van der Waals surface area contributed by atoms with E-state index in [2.05, 4.69) is 11.4 Å². The molecule has 0 fully saturated rings. The Hall–Kier alpha value is -1.15. The normalized spacial score (nSPS) is 14.2. The van der Waals surface area contributed by atoms with Crippen molar-refractivity contribution in [1.29, 1.82) is 0 Å². The lowest BCUT2D eigenvalue weighted by atomic mass is 10.1. The molecule has 0 unspecified atom stereocenters. The molecule has 0 bridgehead atoms. The number of halogens is 1. The van der Waals surface area contributed by atoms with E-state index in [0.717, 1.165) is 29.7 Å². The zero-order valence-electron chi connectivity index (χ0n) is 7.60. The molecule has 1 aliphatic carbocycles. The van der Waals surface area contributed by atoms with Crippen molar-refractivity contribution in [2.75, 3.05) is 13.6 Å². The summed E-state index contributed by atoms with van der Waals surface area (Å²) in [6, 6.07) is 5.27. The largest absolute Gasteiger partial charge is 0.316 e. The van der Waals surface area contributed by atoms with Crippen molar-refractivity contribution in [2.24, 2.45) is 0 Å². The average molecular weight is 177 g/mol. The van der Waals surface area contributed by atoms with Gasteiger partial charge in [-0.1, -0.05) is 18.2 Å². The molecule has 1 N–H and O–H groups in total. The molecular formula is C11H12FN. The summed E-state index contributed by atoms with van der Waals surface area (Å²) in [4.78, 5) is 0. The summed E-state index contributed by atoms with van der Waals surface area (Å²) in [5, 5.41) is 3.04. The van der Waals surface area contributed by atoms with Gasteiger partial charge in [-0.25, -0.2) is 4.39 Å². The van der Waals surface area contributed by atoms with Crippen molar-refractivity contribution < 1.29 is 4.39 Å². The zero-order valence-corrected chi connectivity index (χ0v) is 7.60. The second kappa shape index (κ2) is 3.30. The van der Waals surface area contributed by atoms with Gasteiger partial charge in [0.1, 0.15) is 5.82 Å². The lowest BCUT2D eigenvalue weighted by molar-refractivity contribution is 0.622. The first-order chi connectivity index (χ1) is 6.33. The van der Waals surface area contributed by atoms with Crippen LogP contribution in [0.25, 0.3) is 5.57 Å². The van der Waals surface area contributed by atoms with Gasteiger partial charge in [0.2, 0.25) is 0 Å². The number of benzene rings is 1. The fraction of sp³-hybridized carbons (Fsp3) is 0.273. The lowest BCUT2D eigenvalue weighted by Gasteiger charge is -2.05. The van der Waals surface area contributed by atoms with Crippen LogP contribution in [-0.2, 0) is 6.42 Å². The van der Waals surface area contributed by atoms with E-state index in [1.165, 1.54) is 6.07 Å². The Morgan fingerprint density at radius 3 is 3.08 bits per heavy atom. The van der Waals surface area contributed by atoms with Crippen molar-refractivity contribution in [1.82, 2.24) is 5.32 Å². The minimum Gasteiger partial charge on any atom is -0.316 e. The number of allylic oxidation sites excluding steroid dienone is 1. The van der Waals surface area contributed by atoms with Gasteiger partial charge in [-0.15, -0.1) is 0 Å². The molecule has 0 amide bonds. The lowest BCUT2D eigenvalue weighted by Crippen LogP contribution is -2.09. The first-order valence-corrected chi connectivity index (χ1v) is 4.44. The molecule has 1 nitrogen and oxygen atoms in total. The minimum atomic E-state index is -0.100. The summed E-state index contributed by atoms with van der Waals surface area (Å²) < 4.78 is 13.4. The second-order valence-corrected chi connectivity index (χ2v) is 3.24. The van der Waals surface area contributed by atoms with Crippen LogP contribution < -0.4 is 5.32 Å². The maximum atomic E-state index is 13.4. The molecule has 0 saturated heterocycles. The number of hydrogen-bond donors (Lipinski definition) is 1.